The van der Waals surface area contributed by atoms with E-state index in [4.69, 9.17) is 5.11 Å². The van der Waals surface area contributed by atoms with E-state index in [2.05, 4.69) is 10.6 Å². The van der Waals surface area contributed by atoms with Crippen molar-refractivity contribution in [2.45, 2.75) is 44.1 Å². The van der Waals surface area contributed by atoms with E-state index in [1.165, 1.54) is 0 Å². The Morgan fingerprint density at radius 2 is 1.70 bits per heavy atom. The van der Waals surface area contributed by atoms with Crippen LogP contribution in [0.15, 0.2) is 0 Å². The van der Waals surface area contributed by atoms with Gasteiger partial charge in [-0.1, -0.05) is 0 Å². The molecule has 3 N–H and O–H groups in total. The maximum absolute atomic E-state index is 11.9. The molecule has 2 aliphatic rings. The molecular weight excluding hydrogens is 262 g/mol. The Morgan fingerprint density at radius 3 is 2.20 bits per heavy atom. The second-order valence-electron chi connectivity index (χ2n) is 5.49. The van der Waals surface area contributed by atoms with E-state index in [-0.39, 0.29) is 12.5 Å². The monoisotopic (exact) mass is 283 g/mol. The molecule has 7 nitrogen and oxygen atoms in total. The highest BCUT2D eigenvalue weighted by molar-refractivity contribution is 5.89. The van der Waals surface area contributed by atoms with Gasteiger partial charge in [-0.15, -0.1) is 0 Å². The summed E-state index contributed by atoms with van der Waals surface area (Å²) in [6.45, 7) is 1.39. The highest BCUT2D eigenvalue weighted by Crippen LogP contribution is 2.31. The first-order chi connectivity index (χ1) is 9.53. The van der Waals surface area contributed by atoms with Gasteiger partial charge >= 0.3 is 12.0 Å². The fourth-order valence-electron chi connectivity index (χ4n) is 2.60. The molecule has 20 heavy (non-hydrogen) atoms. The van der Waals surface area contributed by atoms with Gasteiger partial charge < -0.3 is 20.6 Å². The lowest BCUT2D eigenvalue weighted by atomic mass is 9.77. The summed E-state index contributed by atoms with van der Waals surface area (Å²) in [6.07, 6.45) is 4.81. The van der Waals surface area contributed by atoms with Gasteiger partial charge in [-0.3, -0.25) is 4.79 Å². The zero-order valence-electron chi connectivity index (χ0n) is 11.5. The molecule has 0 radical (unpaired) electrons. The third kappa shape index (κ3) is 3.20. The predicted molar refractivity (Wildman–Crippen MR) is 71.2 cm³/mol. The zero-order valence-corrected chi connectivity index (χ0v) is 11.5. The average Bonchev–Trinajstić information content (AvgIpc) is 2.40. The quantitative estimate of drug-likeness (QED) is 0.691. The molecule has 7 heteroatoms. The zero-order chi connectivity index (χ0) is 14.6. The van der Waals surface area contributed by atoms with Crippen molar-refractivity contribution in [2.75, 3.05) is 19.6 Å². The van der Waals surface area contributed by atoms with Gasteiger partial charge in [0.05, 0.1) is 6.54 Å². The van der Waals surface area contributed by atoms with Crippen LogP contribution in [0.2, 0.25) is 0 Å². The van der Waals surface area contributed by atoms with E-state index in [0.717, 1.165) is 38.8 Å². The van der Waals surface area contributed by atoms with Crippen LogP contribution < -0.4 is 10.6 Å². The number of likely N-dealkylation sites (tertiary alicyclic amines) is 1. The Bertz CT molecular complexity index is 400. The second-order valence-corrected chi connectivity index (χ2v) is 5.49. The number of nitrogens with one attached hydrogen (secondary N) is 2. The van der Waals surface area contributed by atoms with Crippen molar-refractivity contribution in [2.24, 2.45) is 0 Å². The molecule has 1 aliphatic carbocycles. The summed E-state index contributed by atoms with van der Waals surface area (Å²) < 4.78 is 0. The molecular formula is C13H21N3O4. The molecule has 3 amide bonds. The van der Waals surface area contributed by atoms with Gasteiger partial charge in [0.25, 0.3) is 0 Å². The third-order valence-electron chi connectivity index (χ3n) is 4.08. The van der Waals surface area contributed by atoms with Gasteiger partial charge in [0.2, 0.25) is 5.91 Å². The number of carboxylic acids is 1. The van der Waals surface area contributed by atoms with Gasteiger partial charge in [-0.25, -0.2) is 9.59 Å². The SMILES string of the molecule is O=C(NCC(=O)N1CCCCC1)NC1(C(=O)O)CCC1. The van der Waals surface area contributed by atoms with Gasteiger partial charge in [-0.2, -0.15) is 0 Å². The van der Waals surface area contributed by atoms with Crippen LogP contribution in [0.3, 0.4) is 0 Å². The van der Waals surface area contributed by atoms with Gasteiger partial charge in [0, 0.05) is 13.1 Å². The average molecular weight is 283 g/mol. The number of carboxylic acid groups (broad SMARTS) is 1. The molecule has 2 fully saturated rings. The van der Waals surface area contributed by atoms with Crippen LogP contribution >= 0.6 is 0 Å². The van der Waals surface area contributed by atoms with Crippen molar-refractivity contribution in [1.82, 2.24) is 15.5 Å². The number of aliphatic carboxylic acids is 1. The van der Waals surface area contributed by atoms with Crippen LogP contribution in [0, 0.1) is 0 Å². The molecule has 1 saturated carbocycles. The molecule has 1 aliphatic heterocycles. The van der Waals surface area contributed by atoms with Crippen LogP contribution in [0.5, 0.6) is 0 Å². The van der Waals surface area contributed by atoms with Gasteiger partial charge in [0.15, 0.2) is 0 Å². The number of piperidine rings is 1. The topological polar surface area (TPSA) is 98.7 Å². The number of nitrogens with zero attached hydrogens (tertiary/aromatic N) is 1. The van der Waals surface area contributed by atoms with Crippen molar-refractivity contribution in [3.8, 4) is 0 Å². The van der Waals surface area contributed by atoms with Crippen LogP contribution in [0.1, 0.15) is 38.5 Å². The molecule has 0 bridgehead atoms. The molecule has 0 spiro atoms. The Kier molecular flexibility index (Phi) is 4.46. The van der Waals surface area contributed by atoms with Crippen molar-refractivity contribution in [3.05, 3.63) is 0 Å². The van der Waals surface area contributed by atoms with Crippen LogP contribution in [-0.4, -0.2) is 53.1 Å². The maximum atomic E-state index is 11.9. The molecule has 112 valence electrons. The van der Waals surface area contributed by atoms with Gasteiger partial charge in [-0.05, 0) is 38.5 Å². The molecule has 2 rings (SSSR count). The summed E-state index contributed by atoms with van der Waals surface area (Å²) in [5, 5.41) is 14.0. The van der Waals surface area contributed by atoms with Crippen molar-refractivity contribution < 1.29 is 19.5 Å². The summed E-state index contributed by atoms with van der Waals surface area (Å²) >= 11 is 0. The van der Waals surface area contributed by atoms with E-state index in [0.29, 0.717) is 12.8 Å². The minimum absolute atomic E-state index is 0.0818. The van der Waals surface area contributed by atoms with E-state index >= 15 is 0 Å². The number of amides is 3. The summed E-state index contributed by atoms with van der Waals surface area (Å²) in [6, 6.07) is -0.586. The van der Waals surface area contributed by atoms with Gasteiger partial charge in [0.1, 0.15) is 5.54 Å². The fraction of sp³-hybridized carbons (Fsp3) is 0.769. The molecule has 1 heterocycles. The molecule has 1 saturated heterocycles. The largest absolute Gasteiger partial charge is 0.480 e. The normalized spacial score (nSPS) is 20.7. The Morgan fingerprint density at radius 1 is 1.05 bits per heavy atom. The summed E-state index contributed by atoms with van der Waals surface area (Å²) in [4.78, 5) is 36.4. The lowest BCUT2D eigenvalue weighted by Gasteiger charge is -2.38. The lowest BCUT2D eigenvalue weighted by molar-refractivity contribution is -0.148. The summed E-state index contributed by atoms with van der Waals surface area (Å²) in [5.74, 6) is -1.13. The second kappa shape index (κ2) is 6.11. The van der Waals surface area contributed by atoms with E-state index < -0.39 is 17.5 Å². The number of hydrogen-bond donors (Lipinski definition) is 3. The molecule has 0 unspecified atom stereocenters. The first-order valence-corrected chi connectivity index (χ1v) is 7.11. The Hall–Kier alpha value is -1.79. The number of carbonyl (C=O) groups excluding carboxylic acids is 2. The predicted octanol–water partition coefficient (Wildman–Crippen LogP) is 0.305. The van der Waals surface area contributed by atoms with Crippen molar-refractivity contribution in [1.29, 1.82) is 0 Å². The number of hydrogen-bond acceptors (Lipinski definition) is 3. The fourth-order valence-corrected chi connectivity index (χ4v) is 2.60. The van der Waals surface area contributed by atoms with E-state index in [1.54, 1.807) is 4.90 Å². The molecule has 0 atom stereocenters. The third-order valence-corrected chi connectivity index (χ3v) is 4.08. The van der Waals surface area contributed by atoms with Crippen LogP contribution in [-0.2, 0) is 9.59 Å². The first-order valence-electron chi connectivity index (χ1n) is 7.11. The van der Waals surface area contributed by atoms with Crippen LogP contribution in [0.25, 0.3) is 0 Å². The summed E-state index contributed by atoms with van der Waals surface area (Å²) in [5.41, 5.74) is -1.14. The lowest BCUT2D eigenvalue weighted by Crippen LogP contribution is -2.61. The first kappa shape index (κ1) is 14.6. The number of urea groups is 1. The number of carbonyl (C=O) groups is 3. The van der Waals surface area contributed by atoms with Crippen molar-refractivity contribution in [3.63, 3.8) is 0 Å². The summed E-state index contributed by atoms with van der Waals surface area (Å²) in [7, 11) is 0. The molecule has 0 aromatic carbocycles. The molecule has 0 aromatic heterocycles. The standard InChI is InChI=1S/C13H21N3O4/c17-10(16-7-2-1-3-8-16)9-14-12(20)15-13(11(18)19)5-4-6-13/h1-9H2,(H,18,19)(H2,14,15,20). The maximum Gasteiger partial charge on any atom is 0.329 e. The smallest absolute Gasteiger partial charge is 0.329 e. The molecule has 0 aromatic rings. The van der Waals surface area contributed by atoms with Crippen LogP contribution in [0.4, 0.5) is 4.79 Å². The Balaban J connectivity index is 1.74. The Labute approximate surface area is 117 Å². The highest BCUT2D eigenvalue weighted by atomic mass is 16.4. The van der Waals surface area contributed by atoms with E-state index in [1.807, 2.05) is 0 Å². The van der Waals surface area contributed by atoms with Crippen molar-refractivity contribution >= 4 is 17.9 Å². The minimum atomic E-state index is -1.14. The van der Waals surface area contributed by atoms with E-state index in [9.17, 15) is 14.4 Å². The highest BCUT2D eigenvalue weighted by Gasteiger charge is 2.45. The minimum Gasteiger partial charge on any atom is -0.480 e. The number of rotatable bonds is 4.